The Labute approximate surface area is 163 Å². The first kappa shape index (κ1) is 19.3. The molecule has 142 valence electrons. The number of hydrogen-bond donors (Lipinski definition) is 1. The summed E-state index contributed by atoms with van der Waals surface area (Å²) in [5.74, 6) is -0.768. The second-order valence-corrected chi connectivity index (χ2v) is 6.34. The van der Waals surface area contributed by atoms with Crippen LogP contribution in [0.25, 0.3) is 0 Å². The summed E-state index contributed by atoms with van der Waals surface area (Å²) < 4.78 is 13.0. The van der Waals surface area contributed by atoms with Crippen LogP contribution in [0.4, 0.5) is 10.1 Å². The van der Waals surface area contributed by atoms with E-state index in [-0.39, 0.29) is 17.6 Å². The van der Waals surface area contributed by atoms with E-state index in [1.165, 1.54) is 24.3 Å². The van der Waals surface area contributed by atoms with Crippen LogP contribution in [-0.2, 0) is 6.54 Å². The average molecular weight is 376 g/mol. The second-order valence-electron chi connectivity index (χ2n) is 6.34. The molecule has 4 nitrogen and oxygen atoms in total. The van der Waals surface area contributed by atoms with Gasteiger partial charge >= 0.3 is 0 Å². The lowest BCUT2D eigenvalue weighted by molar-refractivity contribution is 0.0752. The molecule has 0 aliphatic carbocycles. The zero-order chi connectivity index (χ0) is 19.9. The van der Waals surface area contributed by atoms with Crippen molar-refractivity contribution in [2.24, 2.45) is 0 Å². The summed E-state index contributed by atoms with van der Waals surface area (Å²) in [6.07, 6.45) is 0. The van der Waals surface area contributed by atoms with Gasteiger partial charge in [-0.15, -0.1) is 0 Å². The van der Waals surface area contributed by atoms with Gasteiger partial charge in [0.2, 0.25) is 0 Å². The maximum Gasteiger partial charge on any atom is 0.255 e. The highest BCUT2D eigenvalue weighted by molar-refractivity contribution is 6.05. The van der Waals surface area contributed by atoms with Crippen molar-refractivity contribution >= 4 is 17.5 Å². The summed E-state index contributed by atoms with van der Waals surface area (Å²) in [6.45, 7) is 3.05. The molecular formula is C23H21FN2O2. The Kier molecular flexibility index (Phi) is 6.17. The number of benzene rings is 3. The van der Waals surface area contributed by atoms with Crippen molar-refractivity contribution in [2.45, 2.75) is 13.5 Å². The lowest BCUT2D eigenvalue weighted by atomic mass is 10.1. The van der Waals surface area contributed by atoms with Crippen LogP contribution in [0.3, 0.4) is 0 Å². The predicted molar refractivity (Wildman–Crippen MR) is 108 cm³/mol. The normalized spacial score (nSPS) is 10.4. The maximum absolute atomic E-state index is 13.0. The molecule has 0 fully saturated rings. The Morgan fingerprint density at radius 3 is 2.07 bits per heavy atom. The van der Waals surface area contributed by atoms with Gasteiger partial charge in [0, 0.05) is 29.9 Å². The third kappa shape index (κ3) is 4.82. The van der Waals surface area contributed by atoms with Crippen molar-refractivity contribution in [3.8, 4) is 0 Å². The number of rotatable bonds is 6. The summed E-state index contributed by atoms with van der Waals surface area (Å²) >= 11 is 0. The third-order valence-corrected chi connectivity index (χ3v) is 4.38. The number of halogens is 1. The minimum atomic E-state index is -0.364. The average Bonchev–Trinajstić information content (AvgIpc) is 2.74. The lowest BCUT2D eigenvalue weighted by Crippen LogP contribution is -2.30. The molecule has 5 heteroatoms. The number of nitrogens with one attached hydrogen (secondary N) is 1. The molecule has 0 radical (unpaired) electrons. The Morgan fingerprint density at radius 1 is 0.857 bits per heavy atom. The third-order valence-electron chi connectivity index (χ3n) is 4.38. The fourth-order valence-corrected chi connectivity index (χ4v) is 2.81. The van der Waals surface area contributed by atoms with Gasteiger partial charge in [0.15, 0.2) is 0 Å². The van der Waals surface area contributed by atoms with E-state index in [9.17, 15) is 14.0 Å². The van der Waals surface area contributed by atoms with Gasteiger partial charge in [-0.25, -0.2) is 4.39 Å². The monoisotopic (exact) mass is 376 g/mol. The van der Waals surface area contributed by atoms with Gasteiger partial charge in [0.05, 0.1) is 0 Å². The molecule has 0 aromatic heterocycles. The summed E-state index contributed by atoms with van der Waals surface area (Å²) in [5.41, 5.74) is 2.52. The van der Waals surface area contributed by atoms with Gasteiger partial charge in [-0.1, -0.05) is 30.3 Å². The lowest BCUT2D eigenvalue weighted by Gasteiger charge is -2.21. The summed E-state index contributed by atoms with van der Waals surface area (Å²) in [6, 6.07) is 21.9. The van der Waals surface area contributed by atoms with Crippen molar-refractivity contribution in [2.75, 3.05) is 11.9 Å². The van der Waals surface area contributed by atoms with Crippen LogP contribution >= 0.6 is 0 Å². The van der Waals surface area contributed by atoms with Crippen molar-refractivity contribution in [3.05, 3.63) is 101 Å². The molecule has 0 bridgehead atoms. The largest absolute Gasteiger partial charge is 0.335 e. The number of carbonyl (C=O) groups is 2. The first-order chi connectivity index (χ1) is 13.6. The Balaban J connectivity index is 1.67. The zero-order valence-corrected chi connectivity index (χ0v) is 15.6. The molecule has 1 N–H and O–H groups in total. The molecule has 0 saturated carbocycles. The highest BCUT2D eigenvalue weighted by Gasteiger charge is 2.15. The van der Waals surface area contributed by atoms with Crippen molar-refractivity contribution < 1.29 is 14.0 Å². The molecule has 3 aromatic carbocycles. The molecule has 0 aliphatic rings. The summed E-state index contributed by atoms with van der Waals surface area (Å²) in [7, 11) is 0. The molecule has 28 heavy (non-hydrogen) atoms. The molecule has 0 saturated heterocycles. The van der Waals surface area contributed by atoms with Crippen LogP contribution in [0.2, 0.25) is 0 Å². The number of amides is 2. The molecule has 0 atom stereocenters. The van der Waals surface area contributed by atoms with E-state index in [1.54, 1.807) is 29.2 Å². The summed E-state index contributed by atoms with van der Waals surface area (Å²) in [4.78, 5) is 26.8. The van der Waals surface area contributed by atoms with E-state index >= 15 is 0 Å². The highest BCUT2D eigenvalue weighted by atomic mass is 19.1. The SMILES string of the molecule is CCN(Cc1ccccc1)C(=O)c1ccc(C(=O)Nc2ccc(F)cc2)cc1. The molecule has 2 amide bonds. The number of carbonyl (C=O) groups excluding carboxylic acids is 2. The maximum atomic E-state index is 13.0. The van der Waals surface area contributed by atoms with E-state index in [1.807, 2.05) is 37.3 Å². The van der Waals surface area contributed by atoms with E-state index < -0.39 is 0 Å². The van der Waals surface area contributed by atoms with Crippen molar-refractivity contribution in [3.63, 3.8) is 0 Å². The second kappa shape index (κ2) is 8.95. The van der Waals surface area contributed by atoms with Gasteiger partial charge in [-0.05, 0) is 61.0 Å². The van der Waals surface area contributed by atoms with E-state index in [4.69, 9.17) is 0 Å². The van der Waals surface area contributed by atoms with Crippen molar-refractivity contribution in [1.82, 2.24) is 4.90 Å². The minimum Gasteiger partial charge on any atom is -0.335 e. The van der Waals surface area contributed by atoms with Gasteiger partial charge in [0.25, 0.3) is 11.8 Å². The molecule has 3 rings (SSSR count). The first-order valence-corrected chi connectivity index (χ1v) is 9.07. The molecule has 0 heterocycles. The van der Waals surface area contributed by atoms with Crippen LogP contribution in [-0.4, -0.2) is 23.3 Å². The molecule has 3 aromatic rings. The summed E-state index contributed by atoms with van der Waals surface area (Å²) in [5, 5.41) is 2.70. The first-order valence-electron chi connectivity index (χ1n) is 9.07. The predicted octanol–water partition coefficient (Wildman–Crippen LogP) is 4.74. The van der Waals surface area contributed by atoms with E-state index in [0.29, 0.717) is 29.9 Å². The Bertz CT molecular complexity index is 939. The van der Waals surface area contributed by atoms with Crippen LogP contribution in [0.1, 0.15) is 33.2 Å². The van der Waals surface area contributed by atoms with Crippen LogP contribution < -0.4 is 5.32 Å². The van der Waals surface area contributed by atoms with Crippen molar-refractivity contribution in [1.29, 1.82) is 0 Å². The Morgan fingerprint density at radius 2 is 1.46 bits per heavy atom. The van der Waals surface area contributed by atoms with Gasteiger partial charge in [-0.2, -0.15) is 0 Å². The fraction of sp³-hybridized carbons (Fsp3) is 0.130. The van der Waals surface area contributed by atoms with Gasteiger partial charge < -0.3 is 10.2 Å². The van der Waals surface area contributed by atoms with E-state index in [0.717, 1.165) is 5.56 Å². The topological polar surface area (TPSA) is 49.4 Å². The molecule has 0 spiro atoms. The number of hydrogen-bond acceptors (Lipinski definition) is 2. The Hall–Kier alpha value is -3.47. The standard InChI is InChI=1S/C23H21FN2O2/c1-2-26(16-17-6-4-3-5-7-17)23(28)19-10-8-18(9-11-19)22(27)25-21-14-12-20(24)13-15-21/h3-15H,2,16H2,1H3,(H,25,27). The van der Waals surface area contributed by atoms with Crippen LogP contribution in [0.5, 0.6) is 0 Å². The zero-order valence-electron chi connectivity index (χ0n) is 15.6. The minimum absolute atomic E-state index is 0.0863. The molecule has 0 aliphatic heterocycles. The molecule has 0 unspecified atom stereocenters. The van der Waals surface area contributed by atoms with Crippen LogP contribution in [0, 0.1) is 5.82 Å². The highest BCUT2D eigenvalue weighted by Crippen LogP contribution is 2.14. The fourth-order valence-electron chi connectivity index (χ4n) is 2.81. The molecular weight excluding hydrogens is 355 g/mol. The number of anilines is 1. The number of nitrogens with zero attached hydrogens (tertiary/aromatic N) is 1. The van der Waals surface area contributed by atoms with Gasteiger partial charge in [0.1, 0.15) is 5.82 Å². The smallest absolute Gasteiger partial charge is 0.255 e. The quantitative estimate of drug-likeness (QED) is 0.675. The van der Waals surface area contributed by atoms with Crippen LogP contribution in [0.15, 0.2) is 78.9 Å². The van der Waals surface area contributed by atoms with Gasteiger partial charge in [-0.3, -0.25) is 9.59 Å². The van der Waals surface area contributed by atoms with E-state index in [2.05, 4.69) is 5.32 Å².